The number of aryl methyl sites for hydroxylation is 1. The maximum absolute atomic E-state index is 12.6. The molecule has 0 spiro atoms. The summed E-state index contributed by atoms with van der Waals surface area (Å²) in [5.74, 6) is 4.82. The van der Waals surface area contributed by atoms with Gasteiger partial charge in [-0.2, -0.15) is 11.8 Å². The molecule has 128 valence electrons. The molecule has 3 rings (SSSR count). The number of nitrogens with zero attached hydrogens (tertiary/aromatic N) is 1. The fourth-order valence-electron chi connectivity index (χ4n) is 3.67. The molecule has 0 aromatic carbocycles. The van der Waals surface area contributed by atoms with Crippen LogP contribution < -0.4 is 5.32 Å². The minimum atomic E-state index is 0.236. The molecule has 1 aliphatic heterocycles. The first kappa shape index (κ1) is 16.9. The van der Waals surface area contributed by atoms with Crippen LogP contribution in [0.4, 0.5) is 0 Å². The van der Waals surface area contributed by atoms with Gasteiger partial charge in [0.25, 0.3) is 0 Å². The van der Waals surface area contributed by atoms with Crippen molar-refractivity contribution < 1.29 is 9.21 Å². The summed E-state index contributed by atoms with van der Waals surface area (Å²) in [6.07, 6.45) is 4.21. The largest absolute Gasteiger partial charge is 0.465 e. The highest BCUT2D eigenvalue weighted by molar-refractivity contribution is 7.99. The summed E-state index contributed by atoms with van der Waals surface area (Å²) < 4.78 is 5.70. The molecule has 1 saturated carbocycles. The average molecular weight is 337 g/mol. The molecule has 1 aliphatic carbocycles. The van der Waals surface area contributed by atoms with Crippen LogP contribution >= 0.6 is 11.8 Å². The molecule has 1 aromatic rings. The Bertz CT molecular complexity index is 517. The minimum absolute atomic E-state index is 0.236. The summed E-state index contributed by atoms with van der Waals surface area (Å²) in [5, 5.41) is 3.67. The number of hydrogen-bond acceptors (Lipinski definition) is 4. The topological polar surface area (TPSA) is 45.5 Å². The molecule has 23 heavy (non-hydrogen) atoms. The van der Waals surface area contributed by atoms with Crippen molar-refractivity contribution in [2.45, 2.75) is 51.6 Å². The van der Waals surface area contributed by atoms with E-state index >= 15 is 0 Å². The van der Waals surface area contributed by atoms with E-state index in [1.165, 1.54) is 0 Å². The summed E-state index contributed by atoms with van der Waals surface area (Å²) in [6, 6.07) is 4.80. The Balaban J connectivity index is 1.45. The Morgan fingerprint density at radius 3 is 2.57 bits per heavy atom. The molecule has 2 heterocycles. The van der Waals surface area contributed by atoms with Gasteiger partial charge in [0, 0.05) is 36.6 Å². The second-order valence-corrected chi connectivity index (χ2v) is 8.05. The Morgan fingerprint density at radius 1 is 1.26 bits per heavy atom. The van der Waals surface area contributed by atoms with E-state index in [-0.39, 0.29) is 12.0 Å². The number of hydrogen-bond donors (Lipinski definition) is 1. The van der Waals surface area contributed by atoms with E-state index in [0.29, 0.717) is 11.9 Å². The summed E-state index contributed by atoms with van der Waals surface area (Å²) in [5.41, 5.74) is 0. The second-order valence-electron chi connectivity index (χ2n) is 6.82. The first-order chi connectivity index (χ1) is 11.1. The molecule has 0 radical (unpaired) electrons. The lowest BCUT2D eigenvalue weighted by Crippen LogP contribution is -2.44. The van der Waals surface area contributed by atoms with Crippen LogP contribution in [0.2, 0.25) is 0 Å². The number of carbonyl (C=O) groups excluding carboxylic acids is 1. The van der Waals surface area contributed by atoms with Gasteiger partial charge in [0.2, 0.25) is 5.91 Å². The molecular formula is C18H28N2O2S. The van der Waals surface area contributed by atoms with Crippen LogP contribution in [0.5, 0.6) is 0 Å². The van der Waals surface area contributed by atoms with Crippen molar-refractivity contribution in [3.8, 4) is 0 Å². The molecule has 1 saturated heterocycles. The summed E-state index contributed by atoms with van der Waals surface area (Å²) >= 11 is 1.96. The van der Waals surface area contributed by atoms with Crippen LogP contribution in [-0.4, -0.2) is 41.4 Å². The van der Waals surface area contributed by atoms with Crippen molar-refractivity contribution in [3.05, 3.63) is 23.7 Å². The van der Waals surface area contributed by atoms with E-state index in [0.717, 1.165) is 61.8 Å². The standard InChI is InChI=1S/C18H28N2O2S/c1-13-3-8-17(22-13)14(2)19-16-6-4-15(5-7-16)18(21)20-9-11-23-12-10-20/h3,8,14-16,19H,4-7,9-12H2,1-2H3. The van der Waals surface area contributed by atoms with E-state index in [1.807, 2.05) is 24.8 Å². The first-order valence-electron chi connectivity index (χ1n) is 8.82. The Labute approximate surface area is 143 Å². The lowest BCUT2D eigenvalue weighted by molar-refractivity contribution is -0.136. The first-order valence-corrected chi connectivity index (χ1v) is 9.98. The smallest absolute Gasteiger partial charge is 0.225 e. The number of rotatable bonds is 4. The minimum Gasteiger partial charge on any atom is -0.465 e. The van der Waals surface area contributed by atoms with E-state index in [1.54, 1.807) is 0 Å². The molecule has 0 bridgehead atoms. The van der Waals surface area contributed by atoms with E-state index in [2.05, 4.69) is 23.2 Å². The number of thioether (sulfide) groups is 1. The van der Waals surface area contributed by atoms with Gasteiger partial charge in [0.05, 0.1) is 6.04 Å². The lowest BCUT2D eigenvalue weighted by atomic mass is 9.84. The molecule has 1 unspecified atom stereocenters. The van der Waals surface area contributed by atoms with Gasteiger partial charge in [0.15, 0.2) is 0 Å². The molecule has 1 amide bonds. The molecule has 1 aromatic heterocycles. The third kappa shape index (κ3) is 4.32. The van der Waals surface area contributed by atoms with Crippen molar-refractivity contribution in [1.29, 1.82) is 0 Å². The number of furan rings is 1. The van der Waals surface area contributed by atoms with Crippen LogP contribution in [0.3, 0.4) is 0 Å². The van der Waals surface area contributed by atoms with Crippen molar-refractivity contribution in [2.24, 2.45) is 5.92 Å². The highest BCUT2D eigenvalue weighted by Gasteiger charge is 2.30. The van der Waals surface area contributed by atoms with E-state index in [4.69, 9.17) is 4.42 Å². The number of carbonyl (C=O) groups is 1. The van der Waals surface area contributed by atoms with Crippen LogP contribution in [0, 0.1) is 12.8 Å². The molecular weight excluding hydrogens is 308 g/mol. The predicted octanol–water partition coefficient (Wildman–Crippen LogP) is 3.37. The molecule has 2 fully saturated rings. The van der Waals surface area contributed by atoms with Gasteiger partial charge in [-0.25, -0.2) is 0 Å². The SMILES string of the molecule is Cc1ccc(C(C)NC2CCC(C(=O)N3CCSCC3)CC2)o1. The fourth-order valence-corrected chi connectivity index (χ4v) is 4.57. The number of amides is 1. The second kappa shape index (κ2) is 7.75. The predicted molar refractivity (Wildman–Crippen MR) is 94.6 cm³/mol. The normalized spacial score (nSPS) is 27.0. The lowest BCUT2D eigenvalue weighted by Gasteiger charge is -2.34. The van der Waals surface area contributed by atoms with Gasteiger partial charge in [-0.05, 0) is 51.7 Å². The van der Waals surface area contributed by atoms with Gasteiger partial charge >= 0.3 is 0 Å². The number of nitrogens with one attached hydrogen (secondary N) is 1. The van der Waals surface area contributed by atoms with Crippen LogP contribution in [0.15, 0.2) is 16.5 Å². The third-order valence-corrected chi connectivity index (χ3v) is 6.02. The van der Waals surface area contributed by atoms with Gasteiger partial charge in [0.1, 0.15) is 11.5 Å². The third-order valence-electron chi connectivity index (χ3n) is 5.07. The fraction of sp³-hybridized carbons (Fsp3) is 0.722. The monoisotopic (exact) mass is 336 g/mol. The van der Waals surface area contributed by atoms with Crippen molar-refractivity contribution in [2.75, 3.05) is 24.6 Å². The Morgan fingerprint density at radius 2 is 1.96 bits per heavy atom. The van der Waals surface area contributed by atoms with Gasteiger partial charge in [-0.15, -0.1) is 0 Å². The average Bonchev–Trinajstić information content (AvgIpc) is 3.02. The molecule has 4 nitrogen and oxygen atoms in total. The zero-order valence-corrected chi connectivity index (χ0v) is 15.0. The van der Waals surface area contributed by atoms with Crippen molar-refractivity contribution in [1.82, 2.24) is 10.2 Å². The highest BCUT2D eigenvalue weighted by Crippen LogP contribution is 2.28. The van der Waals surface area contributed by atoms with Gasteiger partial charge < -0.3 is 14.6 Å². The quantitative estimate of drug-likeness (QED) is 0.916. The van der Waals surface area contributed by atoms with Gasteiger partial charge in [-0.1, -0.05) is 0 Å². The van der Waals surface area contributed by atoms with E-state index < -0.39 is 0 Å². The molecule has 1 N–H and O–H groups in total. The van der Waals surface area contributed by atoms with Crippen LogP contribution in [0.1, 0.15) is 50.2 Å². The van der Waals surface area contributed by atoms with E-state index in [9.17, 15) is 4.79 Å². The van der Waals surface area contributed by atoms with Crippen LogP contribution in [0.25, 0.3) is 0 Å². The highest BCUT2D eigenvalue weighted by atomic mass is 32.2. The van der Waals surface area contributed by atoms with Gasteiger partial charge in [-0.3, -0.25) is 4.79 Å². The maximum Gasteiger partial charge on any atom is 0.225 e. The summed E-state index contributed by atoms with van der Waals surface area (Å²) in [6.45, 7) is 6.01. The van der Waals surface area contributed by atoms with Crippen LogP contribution in [-0.2, 0) is 4.79 Å². The Hall–Kier alpha value is -0.940. The molecule has 5 heteroatoms. The summed E-state index contributed by atoms with van der Waals surface area (Å²) in [7, 11) is 0. The molecule has 1 atom stereocenters. The van der Waals surface area contributed by atoms with Crippen molar-refractivity contribution in [3.63, 3.8) is 0 Å². The zero-order chi connectivity index (χ0) is 16.2. The van der Waals surface area contributed by atoms with Crippen molar-refractivity contribution >= 4 is 17.7 Å². The maximum atomic E-state index is 12.6. The Kier molecular flexibility index (Phi) is 5.70. The molecule has 2 aliphatic rings. The summed E-state index contributed by atoms with van der Waals surface area (Å²) in [4.78, 5) is 14.7. The zero-order valence-electron chi connectivity index (χ0n) is 14.2.